The van der Waals surface area contributed by atoms with Crippen LogP contribution in [0.4, 0.5) is 9.18 Å². The maximum atomic E-state index is 13.3. The van der Waals surface area contributed by atoms with E-state index in [2.05, 4.69) is 10.6 Å². The van der Waals surface area contributed by atoms with Gasteiger partial charge in [-0.1, -0.05) is 12.1 Å². The molecule has 0 unspecified atom stereocenters. The molecule has 0 bridgehead atoms. The van der Waals surface area contributed by atoms with Crippen molar-refractivity contribution in [2.24, 2.45) is 5.92 Å². The number of amides is 3. The first-order valence-corrected chi connectivity index (χ1v) is 8.64. The van der Waals surface area contributed by atoms with Gasteiger partial charge in [-0.3, -0.25) is 4.79 Å². The predicted molar refractivity (Wildman–Crippen MR) is 88.8 cm³/mol. The fraction of sp³-hybridized carbons (Fsp3) is 0.556. The number of hydrogen-bond donors (Lipinski definition) is 2. The van der Waals surface area contributed by atoms with E-state index in [-0.39, 0.29) is 29.7 Å². The van der Waals surface area contributed by atoms with Crippen molar-refractivity contribution in [3.63, 3.8) is 0 Å². The molecule has 1 aromatic rings. The first kappa shape index (κ1) is 16.7. The molecule has 2 atom stereocenters. The van der Waals surface area contributed by atoms with Gasteiger partial charge in [-0.25, -0.2) is 9.18 Å². The van der Waals surface area contributed by atoms with E-state index in [1.807, 2.05) is 6.92 Å². The summed E-state index contributed by atoms with van der Waals surface area (Å²) in [4.78, 5) is 26.3. The zero-order valence-electron chi connectivity index (χ0n) is 13.9. The average molecular weight is 333 g/mol. The molecule has 24 heavy (non-hydrogen) atoms. The predicted octanol–water partition coefficient (Wildman–Crippen LogP) is 2.59. The van der Waals surface area contributed by atoms with Gasteiger partial charge in [0.15, 0.2) is 0 Å². The van der Waals surface area contributed by atoms with Crippen LogP contribution in [0.3, 0.4) is 0 Å². The summed E-state index contributed by atoms with van der Waals surface area (Å²) in [5, 5.41) is 5.91. The second-order valence-electron chi connectivity index (χ2n) is 6.79. The summed E-state index contributed by atoms with van der Waals surface area (Å²) < 4.78 is 13.3. The van der Waals surface area contributed by atoms with Crippen LogP contribution in [0.5, 0.6) is 0 Å². The van der Waals surface area contributed by atoms with Crippen LogP contribution in [0.15, 0.2) is 24.3 Å². The summed E-state index contributed by atoms with van der Waals surface area (Å²) in [7, 11) is 0. The van der Waals surface area contributed by atoms with Crippen molar-refractivity contribution in [2.75, 3.05) is 13.1 Å². The summed E-state index contributed by atoms with van der Waals surface area (Å²) in [6.07, 6.45) is 3.77. The molecule has 1 aliphatic carbocycles. The van der Waals surface area contributed by atoms with E-state index >= 15 is 0 Å². The fourth-order valence-electron chi connectivity index (χ4n) is 3.06. The van der Waals surface area contributed by atoms with Gasteiger partial charge in [0.05, 0.1) is 12.0 Å². The minimum absolute atomic E-state index is 0.0631. The molecule has 1 aliphatic heterocycles. The molecule has 2 N–H and O–H groups in total. The molecule has 5 nitrogen and oxygen atoms in total. The van der Waals surface area contributed by atoms with Gasteiger partial charge < -0.3 is 15.5 Å². The normalized spacial score (nSPS) is 21.9. The summed E-state index contributed by atoms with van der Waals surface area (Å²) in [5.74, 6) is -0.383. The number of rotatable bonds is 4. The monoisotopic (exact) mass is 333 g/mol. The molecule has 3 amide bonds. The van der Waals surface area contributed by atoms with Crippen molar-refractivity contribution in [1.82, 2.24) is 15.5 Å². The van der Waals surface area contributed by atoms with Crippen molar-refractivity contribution in [2.45, 2.75) is 44.7 Å². The fourth-order valence-corrected chi connectivity index (χ4v) is 3.06. The molecule has 0 spiro atoms. The molecule has 1 aromatic carbocycles. The van der Waals surface area contributed by atoms with E-state index in [9.17, 15) is 14.0 Å². The summed E-state index contributed by atoms with van der Waals surface area (Å²) >= 11 is 0. The lowest BCUT2D eigenvalue weighted by Gasteiger charge is -2.33. The summed E-state index contributed by atoms with van der Waals surface area (Å²) in [6, 6.07) is 6.08. The number of hydrogen-bond acceptors (Lipinski definition) is 2. The standard InChI is InChI=1S/C18H24FN3O2/c1-12(13-4-2-6-15(19)10-13)20-18(24)22-9-3-5-14(11-22)17(23)21-16-7-8-16/h2,4,6,10,12,14,16H,3,5,7-9,11H2,1H3,(H,20,24)(H,21,23)/t12-,14-/m1/s1. The van der Waals surface area contributed by atoms with E-state index in [0.29, 0.717) is 19.1 Å². The van der Waals surface area contributed by atoms with E-state index in [0.717, 1.165) is 31.2 Å². The van der Waals surface area contributed by atoms with Gasteiger partial charge in [0.2, 0.25) is 5.91 Å². The highest BCUT2D eigenvalue weighted by Gasteiger charge is 2.32. The van der Waals surface area contributed by atoms with Crippen LogP contribution in [0.2, 0.25) is 0 Å². The zero-order valence-corrected chi connectivity index (χ0v) is 13.9. The molecule has 0 radical (unpaired) electrons. The van der Waals surface area contributed by atoms with E-state index in [1.165, 1.54) is 12.1 Å². The average Bonchev–Trinajstić information content (AvgIpc) is 3.39. The lowest BCUT2D eigenvalue weighted by Crippen LogP contribution is -2.49. The Kier molecular flexibility index (Phi) is 5.02. The second kappa shape index (κ2) is 7.20. The number of nitrogens with zero attached hydrogens (tertiary/aromatic N) is 1. The van der Waals surface area contributed by atoms with Gasteiger partial charge in [0, 0.05) is 19.1 Å². The third-order valence-electron chi connectivity index (χ3n) is 4.69. The molecule has 1 saturated heterocycles. The molecular weight excluding hydrogens is 309 g/mol. The first-order chi connectivity index (χ1) is 11.5. The molecule has 2 fully saturated rings. The molecule has 2 aliphatic rings. The lowest BCUT2D eigenvalue weighted by molar-refractivity contribution is -0.126. The quantitative estimate of drug-likeness (QED) is 0.890. The number of halogens is 1. The molecule has 130 valence electrons. The van der Waals surface area contributed by atoms with Crippen LogP contribution >= 0.6 is 0 Å². The minimum atomic E-state index is -0.316. The molecular formula is C18H24FN3O2. The van der Waals surface area contributed by atoms with Gasteiger partial charge in [-0.2, -0.15) is 0 Å². The number of carbonyl (C=O) groups excluding carboxylic acids is 2. The molecule has 1 saturated carbocycles. The number of urea groups is 1. The maximum absolute atomic E-state index is 13.3. The van der Waals surface area contributed by atoms with E-state index in [4.69, 9.17) is 0 Å². The largest absolute Gasteiger partial charge is 0.353 e. The Morgan fingerprint density at radius 3 is 2.79 bits per heavy atom. The van der Waals surface area contributed by atoms with Crippen LogP contribution in [0.1, 0.15) is 44.2 Å². The minimum Gasteiger partial charge on any atom is -0.353 e. The first-order valence-electron chi connectivity index (χ1n) is 8.64. The smallest absolute Gasteiger partial charge is 0.317 e. The number of likely N-dealkylation sites (tertiary alicyclic amines) is 1. The Morgan fingerprint density at radius 2 is 2.08 bits per heavy atom. The Balaban J connectivity index is 1.54. The van der Waals surface area contributed by atoms with Crippen LogP contribution in [0, 0.1) is 11.7 Å². The Bertz CT molecular complexity index is 618. The third-order valence-corrected chi connectivity index (χ3v) is 4.69. The van der Waals surface area contributed by atoms with E-state index in [1.54, 1.807) is 17.0 Å². The maximum Gasteiger partial charge on any atom is 0.317 e. The summed E-state index contributed by atoms with van der Waals surface area (Å²) in [5.41, 5.74) is 0.725. The highest BCUT2D eigenvalue weighted by atomic mass is 19.1. The van der Waals surface area contributed by atoms with Gasteiger partial charge in [-0.15, -0.1) is 0 Å². The molecule has 3 rings (SSSR count). The lowest BCUT2D eigenvalue weighted by atomic mass is 9.97. The van der Waals surface area contributed by atoms with Gasteiger partial charge in [0.25, 0.3) is 0 Å². The highest BCUT2D eigenvalue weighted by molar-refractivity contribution is 5.81. The van der Waals surface area contributed by atoms with Crippen molar-refractivity contribution >= 4 is 11.9 Å². The second-order valence-corrected chi connectivity index (χ2v) is 6.79. The van der Waals surface area contributed by atoms with Crippen LogP contribution < -0.4 is 10.6 Å². The topological polar surface area (TPSA) is 61.4 Å². The van der Waals surface area contributed by atoms with Gasteiger partial charge in [0.1, 0.15) is 5.82 Å². The van der Waals surface area contributed by atoms with Crippen LogP contribution in [-0.2, 0) is 4.79 Å². The van der Waals surface area contributed by atoms with Gasteiger partial charge >= 0.3 is 6.03 Å². The summed E-state index contributed by atoms with van der Waals surface area (Å²) in [6.45, 7) is 2.92. The number of piperidine rings is 1. The molecule has 1 heterocycles. The molecule has 6 heteroatoms. The van der Waals surface area contributed by atoms with Crippen LogP contribution in [0.25, 0.3) is 0 Å². The Hall–Kier alpha value is -2.11. The van der Waals surface area contributed by atoms with Crippen LogP contribution in [-0.4, -0.2) is 36.0 Å². The van der Waals surface area contributed by atoms with Crippen molar-refractivity contribution in [3.8, 4) is 0 Å². The SMILES string of the molecule is C[C@@H](NC(=O)N1CCC[C@@H](C(=O)NC2CC2)C1)c1cccc(F)c1. The number of benzene rings is 1. The van der Waals surface area contributed by atoms with Crippen molar-refractivity contribution in [3.05, 3.63) is 35.6 Å². The highest BCUT2D eigenvalue weighted by Crippen LogP contribution is 2.22. The van der Waals surface area contributed by atoms with E-state index < -0.39 is 0 Å². The number of carbonyl (C=O) groups is 2. The number of nitrogens with one attached hydrogen (secondary N) is 2. The van der Waals surface area contributed by atoms with Crippen molar-refractivity contribution < 1.29 is 14.0 Å². The third kappa shape index (κ3) is 4.24. The van der Waals surface area contributed by atoms with Crippen molar-refractivity contribution in [1.29, 1.82) is 0 Å². The molecule has 0 aromatic heterocycles. The Labute approximate surface area is 141 Å². The Morgan fingerprint density at radius 1 is 1.29 bits per heavy atom. The van der Waals surface area contributed by atoms with Gasteiger partial charge in [-0.05, 0) is 50.3 Å². The zero-order chi connectivity index (χ0) is 17.1.